The molecule has 126 valence electrons. The summed E-state index contributed by atoms with van der Waals surface area (Å²) in [6.07, 6.45) is 1.70. The Kier molecular flexibility index (Phi) is 6.16. The minimum Gasteiger partial charge on any atom is -0.355 e. The van der Waals surface area contributed by atoms with Gasteiger partial charge in [0.15, 0.2) is 0 Å². The fourth-order valence-corrected chi connectivity index (χ4v) is 2.76. The molecule has 23 heavy (non-hydrogen) atoms. The first-order chi connectivity index (χ1) is 11.0. The quantitative estimate of drug-likeness (QED) is 0.865. The molecular weight excluding hydrogens is 290 g/mol. The van der Waals surface area contributed by atoms with E-state index < -0.39 is 0 Å². The number of carbonyl (C=O) groups excluding carboxylic acids is 2. The van der Waals surface area contributed by atoms with Gasteiger partial charge in [-0.15, -0.1) is 0 Å². The Hall–Kier alpha value is -1.88. The van der Waals surface area contributed by atoms with E-state index in [0.717, 1.165) is 24.9 Å². The molecule has 0 bridgehead atoms. The van der Waals surface area contributed by atoms with Crippen LogP contribution >= 0.6 is 0 Å². The number of likely N-dealkylation sites (tertiary alicyclic amines) is 1. The summed E-state index contributed by atoms with van der Waals surface area (Å²) in [7, 11) is 0. The third kappa shape index (κ3) is 4.79. The minimum atomic E-state index is -0.122. The number of nitrogens with one attached hydrogen (secondary N) is 1. The molecule has 1 saturated heterocycles. The molecule has 1 aliphatic heterocycles. The van der Waals surface area contributed by atoms with Crippen LogP contribution in [-0.2, 0) is 4.79 Å². The molecule has 1 heterocycles. The van der Waals surface area contributed by atoms with E-state index in [4.69, 9.17) is 5.73 Å². The number of benzene rings is 1. The molecule has 3 N–H and O–H groups in total. The zero-order chi connectivity index (χ0) is 16.8. The van der Waals surface area contributed by atoms with Gasteiger partial charge < -0.3 is 16.0 Å². The lowest BCUT2D eigenvalue weighted by Gasteiger charge is -2.32. The second-order valence-electron chi connectivity index (χ2n) is 6.54. The van der Waals surface area contributed by atoms with Crippen LogP contribution in [0.15, 0.2) is 24.3 Å². The molecule has 0 spiro atoms. The molecule has 5 nitrogen and oxygen atoms in total. The van der Waals surface area contributed by atoms with Crippen LogP contribution in [0.2, 0.25) is 0 Å². The van der Waals surface area contributed by atoms with Gasteiger partial charge in [0.2, 0.25) is 5.91 Å². The van der Waals surface area contributed by atoms with Crippen molar-refractivity contribution < 1.29 is 9.59 Å². The Morgan fingerprint density at radius 1 is 1.35 bits per heavy atom. The van der Waals surface area contributed by atoms with Crippen molar-refractivity contribution in [2.45, 2.75) is 26.7 Å². The Bertz CT molecular complexity index is 542. The van der Waals surface area contributed by atoms with E-state index in [0.29, 0.717) is 25.2 Å². The zero-order valence-corrected chi connectivity index (χ0v) is 14.0. The maximum Gasteiger partial charge on any atom is 0.253 e. The maximum atomic E-state index is 12.6. The summed E-state index contributed by atoms with van der Waals surface area (Å²) in [6, 6.07) is 7.58. The van der Waals surface area contributed by atoms with Crippen molar-refractivity contribution in [1.82, 2.24) is 10.2 Å². The lowest BCUT2D eigenvalue weighted by Crippen LogP contribution is -2.46. The third-order valence-corrected chi connectivity index (χ3v) is 4.41. The highest BCUT2D eigenvalue weighted by Gasteiger charge is 2.28. The van der Waals surface area contributed by atoms with Crippen LogP contribution in [0, 0.1) is 18.8 Å². The number of aryl methyl sites for hydroxylation is 1. The van der Waals surface area contributed by atoms with Crippen LogP contribution in [0.3, 0.4) is 0 Å². The predicted octanol–water partition coefficient (Wildman–Crippen LogP) is 1.56. The van der Waals surface area contributed by atoms with E-state index >= 15 is 0 Å². The van der Waals surface area contributed by atoms with Crippen LogP contribution in [0.5, 0.6) is 0 Å². The average Bonchev–Trinajstić information content (AvgIpc) is 2.59. The van der Waals surface area contributed by atoms with E-state index in [9.17, 15) is 9.59 Å². The Balaban J connectivity index is 1.93. The number of hydrogen-bond donors (Lipinski definition) is 2. The molecule has 0 saturated carbocycles. The number of hydrogen-bond acceptors (Lipinski definition) is 3. The summed E-state index contributed by atoms with van der Waals surface area (Å²) in [5, 5.41) is 2.95. The van der Waals surface area contributed by atoms with Gasteiger partial charge in [0.25, 0.3) is 5.91 Å². The predicted molar refractivity (Wildman–Crippen MR) is 91.0 cm³/mol. The summed E-state index contributed by atoms with van der Waals surface area (Å²) in [4.78, 5) is 26.6. The van der Waals surface area contributed by atoms with Crippen molar-refractivity contribution in [3.05, 3.63) is 35.4 Å². The fraction of sp³-hybridized carbons (Fsp3) is 0.556. The molecule has 1 aromatic rings. The summed E-state index contributed by atoms with van der Waals surface area (Å²) in [5.74, 6) is 0.195. The van der Waals surface area contributed by atoms with Crippen molar-refractivity contribution in [2.24, 2.45) is 17.6 Å². The molecule has 2 amide bonds. The molecule has 0 aromatic heterocycles. The third-order valence-electron chi connectivity index (χ3n) is 4.41. The lowest BCUT2D eigenvalue weighted by molar-refractivity contribution is -0.126. The Labute approximate surface area is 138 Å². The van der Waals surface area contributed by atoms with Crippen LogP contribution < -0.4 is 11.1 Å². The molecule has 0 radical (unpaired) electrons. The Morgan fingerprint density at radius 3 is 2.70 bits per heavy atom. The number of nitrogens with two attached hydrogens (primary N) is 1. The van der Waals surface area contributed by atoms with Gasteiger partial charge in [-0.2, -0.15) is 0 Å². The van der Waals surface area contributed by atoms with E-state index in [1.807, 2.05) is 38.1 Å². The molecule has 2 unspecified atom stereocenters. The standard InChI is InChI=1S/C18H27N3O2/c1-13-5-7-15(8-6-13)18(23)21-9-3-4-16(12-21)17(22)20-11-14(2)10-19/h5-8,14,16H,3-4,9-12,19H2,1-2H3,(H,20,22). The molecule has 2 atom stereocenters. The van der Waals surface area contributed by atoms with Gasteiger partial charge in [-0.25, -0.2) is 0 Å². The first-order valence-electron chi connectivity index (χ1n) is 8.35. The largest absolute Gasteiger partial charge is 0.355 e. The highest BCUT2D eigenvalue weighted by atomic mass is 16.2. The maximum absolute atomic E-state index is 12.6. The van der Waals surface area contributed by atoms with Gasteiger partial charge in [0.05, 0.1) is 5.92 Å². The monoisotopic (exact) mass is 317 g/mol. The first kappa shape index (κ1) is 17.5. The van der Waals surface area contributed by atoms with Crippen molar-refractivity contribution >= 4 is 11.8 Å². The second-order valence-corrected chi connectivity index (χ2v) is 6.54. The van der Waals surface area contributed by atoms with Crippen molar-refractivity contribution in [2.75, 3.05) is 26.2 Å². The smallest absolute Gasteiger partial charge is 0.253 e. The van der Waals surface area contributed by atoms with E-state index in [-0.39, 0.29) is 23.7 Å². The van der Waals surface area contributed by atoms with Crippen LogP contribution in [0.4, 0.5) is 0 Å². The number of piperidine rings is 1. The van der Waals surface area contributed by atoms with Crippen LogP contribution in [0.25, 0.3) is 0 Å². The van der Waals surface area contributed by atoms with Crippen molar-refractivity contribution in [1.29, 1.82) is 0 Å². The van der Waals surface area contributed by atoms with Gasteiger partial charge >= 0.3 is 0 Å². The molecule has 1 aliphatic rings. The van der Waals surface area contributed by atoms with Crippen molar-refractivity contribution in [3.63, 3.8) is 0 Å². The molecule has 1 aromatic carbocycles. The van der Waals surface area contributed by atoms with E-state index in [1.54, 1.807) is 4.90 Å². The SMILES string of the molecule is Cc1ccc(C(=O)N2CCCC(C(=O)NCC(C)CN)C2)cc1. The summed E-state index contributed by atoms with van der Waals surface area (Å²) in [6.45, 7) is 6.37. The molecule has 0 aliphatic carbocycles. The molecular formula is C18H27N3O2. The normalized spacial score (nSPS) is 19.3. The van der Waals surface area contributed by atoms with Crippen LogP contribution in [0.1, 0.15) is 35.7 Å². The molecule has 2 rings (SSSR count). The Morgan fingerprint density at radius 2 is 2.04 bits per heavy atom. The van der Waals surface area contributed by atoms with Gasteiger partial charge in [0.1, 0.15) is 0 Å². The highest BCUT2D eigenvalue weighted by Crippen LogP contribution is 2.19. The highest BCUT2D eigenvalue weighted by molar-refractivity contribution is 5.94. The molecule has 1 fully saturated rings. The van der Waals surface area contributed by atoms with Gasteiger partial charge in [-0.05, 0) is 44.4 Å². The van der Waals surface area contributed by atoms with E-state index in [1.165, 1.54) is 0 Å². The number of rotatable bonds is 5. The minimum absolute atomic E-state index is 0.0119. The number of carbonyl (C=O) groups is 2. The first-order valence-corrected chi connectivity index (χ1v) is 8.35. The number of amides is 2. The summed E-state index contributed by atoms with van der Waals surface area (Å²) >= 11 is 0. The summed E-state index contributed by atoms with van der Waals surface area (Å²) in [5.41, 5.74) is 7.39. The zero-order valence-electron chi connectivity index (χ0n) is 14.0. The molecule has 5 heteroatoms. The topological polar surface area (TPSA) is 75.4 Å². The van der Waals surface area contributed by atoms with Gasteiger partial charge in [-0.3, -0.25) is 9.59 Å². The van der Waals surface area contributed by atoms with Crippen LogP contribution in [-0.4, -0.2) is 42.9 Å². The summed E-state index contributed by atoms with van der Waals surface area (Å²) < 4.78 is 0. The lowest BCUT2D eigenvalue weighted by atomic mass is 9.96. The van der Waals surface area contributed by atoms with Gasteiger partial charge in [-0.1, -0.05) is 24.6 Å². The fourth-order valence-electron chi connectivity index (χ4n) is 2.76. The van der Waals surface area contributed by atoms with Crippen molar-refractivity contribution in [3.8, 4) is 0 Å². The number of nitrogens with zero attached hydrogens (tertiary/aromatic N) is 1. The van der Waals surface area contributed by atoms with Gasteiger partial charge in [0, 0.05) is 25.2 Å². The van der Waals surface area contributed by atoms with E-state index in [2.05, 4.69) is 5.32 Å². The average molecular weight is 317 g/mol. The second kappa shape index (κ2) is 8.11.